The van der Waals surface area contributed by atoms with Crippen LogP contribution < -0.4 is 15.6 Å². The van der Waals surface area contributed by atoms with Crippen molar-refractivity contribution >= 4 is 11.4 Å². The number of methoxy groups -OCH3 is 1. The molecule has 0 unspecified atom stereocenters. The first kappa shape index (κ1) is 22.9. The van der Waals surface area contributed by atoms with E-state index in [-0.39, 0.29) is 17.4 Å². The van der Waals surface area contributed by atoms with Crippen LogP contribution in [-0.2, 0) is 0 Å². The molecule has 0 radical (unpaired) electrons. The third-order valence-corrected chi connectivity index (χ3v) is 6.53. The fourth-order valence-corrected chi connectivity index (χ4v) is 4.48. The van der Waals surface area contributed by atoms with Crippen molar-refractivity contribution in [2.45, 2.75) is 45.6 Å². The van der Waals surface area contributed by atoms with Gasteiger partial charge in [-0.1, -0.05) is 6.07 Å². The molecule has 180 valence electrons. The van der Waals surface area contributed by atoms with Gasteiger partial charge in [-0.3, -0.25) is 4.79 Å². The number of imidazole rings is 1. The molecular formula is C28H29FN4O2. The minimum Gasteiger partial charge on any atom is -0.494 e. The Balaban J connectivity index is 1.53. The van der Waals surface area contributed by atoms with Gasteiger partial charge in [-0.25, -0.2) is 9.37 Å². The van der Waals surface area contributed by atoms with Crippen LogP contribution in [-0.4, -0.2) is 21.2 Å². The first-order valence-corrected chi connectivity index (χ1v) is 11.8. The van der Waals surface area contributed by atoms with Crippen LogP contribution >= 0.6 is 0 Å². The smallest absolute Gasteiger partial charge is 0.274 e. The molecule has 2 aromatic heterocycles. The summed E-state index contributed by atoms with van der Waals surface area (Å²) in [6.45, 7) is 5.72. The van der Waals surface area contributed by atoms with Gasteiger partial charge in [0.25, 0.3) is 5.56 Å². The molecule has 0 bridgehead atoms. The number of hydrogen-bond acceptors (Lipinski definition) is 4. The van der Waals surface area contributed by atoms with Crippen molar-refractivity contribution in [1.82, 2.24) is 14.1 Å². The summed E-state index contributed by atoms with van der Waals surface area (Å²) in [5.74, 6) is 0.816. The second kappa shape index (κ2) is 9.06. The summed E-state index contributed by atoms with van der Waals surface area (Å²) in [4.78, 5) is 17.9. The van der Waals surface area contributed by atoms with Crippen LogP contribution in [0.3, 0.4) is 0 Å². The number of rotatable bonds is 7. The standard InChI is InChI=1S/C28H29FN4O2/c1-17-9-21(11-23(29)10-17)19(3)33-15-22(20-5-6-20)12-25(28(33)34)31-24-7-8-26(27(13-24)35-4)32-14-18(2)30-16-32/h7-16,19-20,31H,5-6H2,1-4H3/t19-/m0/s1. The Bertz CT molecular complexity index is 1430. The molecule has 35 heavy (non-hydrogen) atoms. The zero-order valence-corrected chi connectivity index (χ0v) is 20.4. The van der Waals surface area contributed by atoms with Crippen molar-refractivity contribution in [3.8, 4) is 11.4 Å². The van der Waals surface area contributed by atoms with Crippen LogP contribution in [0.2, 0.25) is 0 Å². The lowest BCUT2D eigenvalue weighted by molar-refractivity contribution is 0.413. The zero-order chi connectivity index (χ0) is 24.7. The van der Waals surface area contributed by atoms with E-state index in [4.69, 9.17) is 4.74 Å². The Morgan fingerprint density at radius 1 is 1.11 bits per heavy atom. The van der Waals surface area contributed by atoms with Gasteiger partial charge in [0.1, 0.15) is 17.3 Å². The lowest BCUT2D eigenvalue weighted by Crippen LogP contribution is -2.26. The predicted octanol–water partition coefficient (Wildman–Crippen LogP) is 6.03. The number of nitrogens with one attached hydrogen (secondary N) is 1. The van der Waals surface area contributed by atoms with Crippen molar-refractivity contribution in [2.24, 2.45) is 0 Å². The molecule has 0 aliphatic heterocycles. The van der Waals surface area contributed by atoms with E-state index >= 15 is 0 Å². The molecule has 7 heteroatoms. The maximum absolute atomic E-state index is 14.1. The molecule has 1 atom stereocenters. The first-order valence-electron chi connectivity index (χ1n) is 11.8. The normalized spacial score (nSPS) is 14.1. The number of halogens is 1. The van der Waals surface area contributed by atoms with Crippen molar-refractivity contribution in [2.75, 3.05) is 12.4 Å². The van der Waals surface area contributed by atoms with Crippen molar-refractivity contribution < 1.29 is 9.13 Å². The van der Waals surface area contributed by atoms with E-state index < -0.39 is 0 Å². The van der Waals surface area contributed by atoms with E-state index in [1.54, 1.807) is 18.0 Å². The Morgan fingerprint density at radius 3 is 2.57 bits per heavy atom. The van der Waals surface area contributed by atoms with Crippen molar-refractivity contribution in [3.63, 3.8) is 0 Å². The second-order valence-corrected chi connectivity index (χ2v) is 9.35. The van der Waals surface area contributed by atoms with Crippen LogP contribution in [0.25, 0.3) is 5.69 Å². The highest BCUT2D eigenvalue weighted by Gasteiger charge is 2.26. The lowest BCUT2D eigenvalue weighted by atomic mass is 10.0. The summed E-state index contributed by atoms with van der Waals surface area (Å²) in [5, 5.41) is 3.31. The summed E-state index contributed by atoms with van der Waals surface area (Å²) >= 11 is 0. The number of aromatic nitrogens is 3. The molecule has 1 aliphatic carbocycles. The third-order valence-electron chi connectivity index (χ3n) is 6.53. The van der Waals surface area contributed by atoms with E-state index in [9.17, 15) is 9.18 Å². The molecule has 0 saturated heterocycles. The number of aryl methyl sites for hydroxylation is 2. The van der Waals surface area contributed by atoms with E-state index in [0.29, 0.717) is 17.4 Å². The van der Waals surface area contributed by atoms with Crippen LogP contribution in [0.15, 0.2) is 66.0 Å². The quantitative estimate of drug-likeness (QED) is 0.357. The third kappa shape index (κ3) is 4.71. The number of hydrogen-bond donors (Lipinski definition) is 1. The number of benzene rings is 2. The fourth-order valence-electron chi connectivity index (χ4n) is 4.48. The van der Waals surface area contributed by atoms with Gasteiger partial charge in [-0.05, 0) is 86.6 Å². The number of pyridine rings is 1. The SMILES string of the molecule is COc1cc(Nc2cc(C3CC3)cn([C@@H](C)c3cc(C)cc(F)c3)c2=O)ccc1-n1cnc(C)c1. The fraction of sp³-hybridized carbons (Fsp3) is 0.286. The highest BCUT2D eigenvalue weighted by molar-refractivity contribution is 5.65. The summed E-state index contributed by atoms with van der Waals surface area (Å²) < 4.78 is 23.3. The minimum atomic E-state index is -0.308. The Kier molecular flexibility index (Phi) is 5.93. The molecule has 5 rings (SSSR count). The Hall–Kier alpha value is -3.87. The van der Waals surface area contributed by atoms with Crippen LogP contribution in [0, 0.1) is 19.7 Å². The van der Waals surface area contributed by atoms with Gasteiger partial charge in [0.2, 0.25) is 0 Å². The van der Waals surface area contributed by atoms with Crippen LogP contribution in [0.4, 0.5) is 15.8 Å². The second-order valence-electron chi connectivity index (χ2n) is 9.35. The van der Waals surface area contributed by atoms with Crippen molar-refractivity contribution in [3.05, 3.63) is 99.7 Å². The first-order chi connectivity index (χ1) is 16.8. The highest BCUT2D eigenvalue weighted by Crippen LogP contribution is 2.41. The maximum atomic E-state index is 14.1. The number of nitrogens with zero attached hydrogens (tertiary/aromatic N) is 3. The van der Waals surface area contributed by atoms with Crippen LogP contribution in [0.1, 0.15) is 54.1 Å². The molecule has 6 nitrogen and oxygen atoms in total. The summed E-state index contributed by atoms with van der Waals surface area (Å²) in [6, 6.07) is 12.3. The highest BCUT2D eigenvalue weighted by atomic mass is 19.1. The molecule has 0 spiro atoms. The zero-order valence-electron chi connectivity index (χ0n) is 20.4. The van der Waals surface area contributed by atoms with Gasteiger partial charge in [0.15, 0.2) is 0 Å². The molecule has 1 fully saturated rings. The van der Waals surface area contributed by atoms with Crippen molar-refractivity contribution in [1.29, 1.82) is 0 Å². The molecule has 0 amide bonds. The van der Waals surface area contributed by atoms with Gasteiger partial charge >= 0.3 is 0 Å². The molecule has 2 aromatic carbocycles. The largest absolute Gasteiger partial charge is 0.494 e. The number of anilines is 2. The molecule has 1 aliphatic rings. The minimum absolute atomic E-state index is 0.155. The topological polar surface area (TPSA) is 61.1 Å². The van der Waals surface area contributed by atoms with Crippen LogP contribution in [0.5, 0.6) is 5.75 Å². The van der Waals surface area contributed by atoms with E-state index in [0.717, 1.165) is 46.6 Å². The molecule has 4 aromatic rings. The molecule has 1 saturated carbocycles. The van der Waals surface area contributed by atoms with Gasteiger partial charge in [-0.2, -0.15) is 0 Å². The Labute approximate surface area is 204 Å². The molecular weight excluding hydrogens is 443 g/mol. The monoisotopic (exact) mass is 472 g/mol. The van der Waals surface area contributed by atoms with Gasteiger partial charge < -0.3 is 19.2 Å². The predicted molar refractivity (Wildman–Crippen MR) is 136 cm³/mol. The van der Waals surface area contributed by atoms with Gasteiger partial charge in [0, 0.05) is 24.1 Å². The summed E-state index contributed by atoms with van der Waals surface area (Å²) in [6.07, 6.45) is 7.82. The lowest BCUT2D eigenvalue weighted by Gasteiger charge is -2.20. The maximum Gasteiger partial charge on any atom is 0.274 e. The number of ether oxygens (including phenoxy) is 1. The molecule has 1 N–H and O–H groups in total. The summed E-state index contributed by atoms with van der Waals surface area (Å²) in [7, 11) is 1.62. The van der Waals surface area contributed by atoms with Gasteiger partial charge in [-0.15, -0.1) is 0 Å². The average Bonchev–Trinajstić information content (AvgIpc) is 3.59. The molecule has 2 heterocycles. The van der Waals surface area contributed by atoms with E-state index in [1.165, 1.54) is 12.1 Å². The average molecular weight is 473 g/mol. The Morgan fingerprint density at radius 2 is 1.91 bits per heavy atom. The summed E-state index contributed by atoms with van der Waals surface area (Å²) in [5.41, 5.74) is 5.56. The van der Waals surface area contributed by atoms with E-state index in [1.807, 2.05) is 68.1 Å². The van der Waals surface area contributed by atoms with Gasteiger partial charge in [0.05, 0.1) is 30.9 Å². The van der Waals surface area contributed by atoms with E-state index in [2.05, 4.69) is 10.3 Å².